The summed E-state index contributed by atoms with van der Waals surface area (Å²) in [7, 11) is -4.16. The van der Waals surface area contributed by atoms with Crippen LogP contribution in [0.4, 0.5) is 5.69 Å². The molecular weight excluding hydrogens is 522 g/mol. The average Bonchev–Trinajstić information content (AvgIpc) is 2.91. The van der Waals surface area contributed by atoms with Gasteiger partial charge in [0.2, 0.25) is 11.8 Å². The maximum absolute atomic E-state index is 14.0. The first kappa shape index (κ1) is 29.2. The summed E-state index contributed by atoms with van der Waals surface area (Å²) < 4.78 is 28.7. The van der Waals surface area contributed by atoms with E-state index in [1.807, 2.05) is 51.1 Å². The fraction of sp³-hybridized carbons (Fsp3) is 0.310. The average molecular weight is 556 g/mol. The number of anilines is 1. The van der Waals surface area contributed by atoms with Crippen LogP contribution in [0.15, 0.2) is 83.8 Å². The minimum Gasteiger partial charge on any atom is -0.354 e. The van der Waals surface area contributed by atoms with E-state index in [-0.39, 0.29) is 28.1 Å². The third-order valence-corrected chi connectivity index (χ3v) is 8.23. The molecule has 0 heterocycles. The van der Waals surface area contributed by atoms with Gasteiger partial charge in [0.25, 0.3) is 10.0 Å². The zero-order valence-corrected chi connectivity index (χ0v) is 23.5. The Hall–Kier alpha value is -3.36. The number of carbonyl (C=O) groups excluding carboxylic acids is 2. The highest BCUT2D eigenvalue weighted by Crippen LogP contribution is 2.31. The van der Waals surface area contributed by atoms with Gasteiger partial charge in [-0.05, 0) is 49.6 Å². The number of rotatable bonds is 12. The smallest absolute Gasteiger partial charge is 0.264 e. The lowest BCUT2D eigenvalue weighted by Gasteiger charge is -2.33. The van der Waals surface area contributed by atoms with E-state index in [1.165, 1.54) is 17.0 Å². The first-order valence-electron chi connectivity index (χ1n) is 12.6. The Balaban J connectivity index is 2.05. The molecule has 1 atom stereocenters. The van der Waals surface area contributed by atoms with Gasteiger partial charge >= 0.3 is 0 Å². The first-order chi connectivity index (χ1) is 18.2. The van der Waals surface area contributed by atoms with Crippen molar-refractivity contribution in [3.63, 3.8) is 0 Å². The zero-order chi connectivity index (χ0) is 27.7. The quantitative estimate of drug-likeness (QED) is 0.334. The minimum absolute atomic E-state index is 0.0400. The van der Waals surface area contributed by atoms with E-state index >= 15 is 0 Å². The Morgan fingerprint density at radius 3 is 2.16 bits per heavy atom. The van der Waals surface area contributed by atoms with Crippen LogP contribution in [0.1, 0.15) is 37.8 Å². The van der Waals surface area contributed by atoms with E-state index in [0.29, 0.717) is 13.0 Å². The molecule has 0 fully saturated rings. The van der Waals surface area contributed by atoms with Crippen LogP contribution in [0.2, 0.25) is 5.02 Å². The lowest BCUT2D eigenvalue weighted by atomic mass is 10.1. The van der Waals surface area contributed by atoms with Gasteiger partial charge in [-0.1, -0.05) is 85.6 Å². The molecule has 7 nitrogen and oxygen atoms in total. The fourth-order valence-electron chi connectivity index (χ4n) is 4.07. The van der Waals surface area contributed by atoms with Gasteiger partial charge in [-0.3, -0.25) is 13.9 Å². The number of nitrogens with one attached hydrogen (secondary N) is 1. The summed E-state index contributed by atoms with van der Waals surface area (Å²) in [6, 6.07) is 21.5. The highest BCUT2D eigenvalue weighted by Gasteiger charge is 2.34. The van der Waals surface area contributed by atoms with Crippen LogP contribution in [-0.4, -0.2) is 44.3 Å². The van der Waals surface area contributed by atoms with E-state index in [0.717, 1.165) is 21.9 Å². The molecule has 0 aliphatic rings. The summed E-state index contributed by atoms with van der Waals surface area (Å²) >= 11 is 6.43. The summed E-state index contributed by atoms with van der Waals surface area (Å²) in [5, 5.41) is 3.07. The van der Waals surface area contributed by atoms with Crippen LogP contribution in [0.25, 0.3) is 0 Å². The molecule has 38 heavy (non-hydrogen) atoms. The molecule has 0 aliphatic heterocycles. The van der Waals surface area contributed by atoms with Crippen molar-refractivity contribution in [1.82, 2.24) is 10.2 Å². The van der Waals surface area contributed by atoms with E-state index in [9.17, 15) is 18.0 Å². The topological polar surface area (TPSA) is 86.8 Å². The van der Waals surface area contributed by atoms with E-state index in [4.69, 9.17) is 11.6 Å². The number of para-hydroxylation sites is 1. The minimum atomic E-state index is -4.16. The number of benzene rings is 3. The number of amides is 2. The summed E-state index contributed by atoms with van der Waals surface area (Å²) in [5.41, 5.74) is 1.92. The molecule has 2 amide bonds. The number of carbonyl (C=O) groups is 2. The van der Waals surface area contributed by atoms with Crippen LogP contribution < -0.4 is 9.62 Å². The fourth-order valence-corrected chi connectivity index (χ4v) is 5.79. The second-order valence-corrected chi connectivity index (χ2v) is 11.3. The van der Waals surface area contributed by atoms with Crippen molar-refractivity contribution < 1.29 is 18.0 Å². The molecule has 0 bridgehead atoms. The number of halogens is 1. The van der Waals surface area contributed by atoms with Gasteiger partial charge < -0.3 is 10.2 Å². The van der Waals surface area contributed by atoms with Crippen molar-refractivity contribution >= 4 is 39.1 Å². The monoisotopic (exact) mass is 555 g/mol. The molecule has 3 aromatic carbocycles. The molecule has 3 aromatic rings. The highest BCUT2D eigenvalue weighted by molar-refractivity contribution is 7.92. The number of nitrogens with zero attached hydrogens (tertiary/aromatic N) is 2. The standard InChI is InChI=1S/C29H34ClN3O4S/c1-4-19-31-29(35)26(5-2)32(20-23-11-7-6-8-12-23)28(34)21-33(27-14-10-9-13-25(27)30)38(36,37)24-17-15-22(3)16-18-24/h6-18,26H,4-5,19-21H2,1-3H3,(H,31,35)/t26-/m0/s1. The molecular formula is C29H34ClN3O4S. The molecule has 202 valence electrons. The van der Waals surface area contributed by atoms with Crippen molar-refractivity contribution in [3.05, 3.63) is 95.0 Å². The van der Waals surface area contributed by atoms with Gasteiger partial charge in [-0.25, -0.2) is 8.42 Å². The predicted molar refractivity (Wildman–Crippen MR) is 152 cm³/mol. The largest absolute Gasteiger partial charge is 0.354 e. The van der Waals surface area contributed by atoms with Gasteiger partial charge in [0.15, 0.2) is 0 Å². The van der Waals surface area contributed by atoms with Gasteiger partial charge in [0.05, 0.1) is 15.6 Å². The summed E-state index contributed by atoms with van der Waals surface area (Å²) in [5.74, 6) is -0.785. The van der Waals surface area contributed by atoms with Gasteiger partial charge in [-0.2, -0.15) is 0 Å². The number of aryl methyl sites for hydroxylation is 1. The molecule has 0 unspecified atom stereocenters. The lowest BCUT2D eigenvalue weighted by Crippen LogP contribution is -2.52. The molecule has 0 aromatic heterocycles. The molecule has 0 radical (unpaired) electrons. The van der Waals surface area contributed by atoms with Crippen molar-refractivity contribution in [2.75, 3.05) is 17.4 Å². The predicted octanol–water partition coefficient (Wildman–Crippen LogP) is 5.18. The van der Waals surface area contributed by atoms with Crippen LogP contribution in [0.5, 0.6) is 0 Å². The van der Waals surface area contributed by atoms with Crippen LogP contribution in [0, 0.1) is 6.92 Å². The molecule has 0 saturated carbocycles. The maximum atomic E-state index is 14.0. The Morgan fingerprint density at radius 1 is 0.921 bits per heavy atom. The Labute approximate surface area is 230 Å². The third kappa shape index (κ3) is 7.14. The van der Waals surface area contributed by atoms with Gasteiger partial charge in [0.1, 0.15) is 12.6 Å². The maximum Gasteiger partial charge on any atom is 0.264 e. The highest BCUT2D eigenvalue weighted by atomic mass is 35.5. The van der Waals surface area contributed by atoms with E-state index in [1.54, 1.807) is 36.4 Å². The number of hydrogen-bond acceptors (Lipinski definition) is 4. The van der Waals surface area contributed by atoms with Crippen molar-refractivity contribution in [3.8, 4) is 0 Å². The first-order valence-corrected chi connectivity index (χ1v) is 14.5. The molecule has 1 N–H and O–H groups in total. The molecule has 0 spiro atoms. The normalized spacial score (nSPS) is 12.0. The van der Waals surface area contributed by atoms with Crippen molar-refractivity contribution in [2.24, 2.45) is 0 Å². The summed E-state index contributed by atoms with van der Waals surface area (Å²) in [6.07, 6.45) is 1.12. The Kier molecular flexibility index (Phi) is 10.3. The molecule has 0 aliphatic carbocycles. The molecule has 9 heteroatoms. The van der Waals surface area contributed by atoms with Crippen molar-refractivity contribution in [2.45, 2.75) is 51.1 Å². The number of hydrogen-bond donors (Lipinski definition) is 1. The molecule has 0 saturated heterocycles. The van der Waals surface area contributed by atoms with Crippen LogP contribution in [-0.2, 0) is 26.2 Å². The second-order valence-electron chi connectivity index (χ2n) is 9.00. The van der Waals surface area contributed by atoms with E-state index in [2.05, 4.69) is 5.32 Å². The van der Waals surface area contributed by atoms with Crippen molar-refractivity contribution in [1.29, 1.82) is 0 Å². The van der Waals surface area contributed by atoms with Crippen LogP contribution >= 0.6 is 11.6 Å². The SMILES string of the molecule is CCCNC(=O)[C@H](CC)N(Cc1ccccc1)C(=O)CN(c1ccccc1Cl)S(=O)(=O)c1ccc(C)cc1. The van der Waals surface area contributed by atoms with E-state index < -0.39 is 28.5 Å². The molecule has 3 rings (SSSR count). The van der Waals surface area contributed by atoms with Gasteiger partial charge in [0, 0.05) is 13.1 Å². The summed E-state index contributed by atoms with van der Waals surface area (Å²) in [4.78, 5) is 28.5. The number of sulfonamides is 1. The second kappa shape index (κ2) is 13.4. The summed E-state index contributed by atoms with van der Waals surface area (Å²) in [6.45, 7) is 5.75. The van der Waals surface area contributed by atoms with Gasteiger partial charge in [-0.15, -0.1) is 0 Å². The Bertz CT molecular complexity index is 1330. The zero-order valence-electron chi connectivity index (χ0n) is 21.9. The third-order valence-electron chi connectivity index (χ3n) is 6.14. The van der Waals surface area contributed by atoms with Crippen LogP contribution in [0.3, 0.4) is 0 Å². The Morgan fingerprint density at radius 2 is 1.55 bits per heavy atom. The lowest BCUT2D eigenvalue weighted by molar-refractivity contribution is -0.140.